The highest BCUT2D eigenvalue weighted by Crippen LogP contribution is 2.20. The minimum absolute atomic E-state index is 0.401. The van der Waals surface area contributed by atoms with Crippen LogP contribution in [0.15, 0.2) is 47.8 Å². The monoisotopic (exact) mass is 275 g/mol. The Morgan fingerprint density at radius 3 is 2.79 bits per heavy atom. The maximum absolute atomic E-state index is 9.22. The van der Waals surface area contributed by atoms with Crippen LogP contribution < -0.4 is 5.32 Å². The Kier molecular flexibility index (Phi) is 5.18. The van der Waals surface area contributed by atoms with Crippen LogP contribution in [-0.4, -0.2) is 27.7 Å². The molecule has 1 aromatic heterocycles. The minimum Gasteiger partial charge on any atom is -0.392 e. The molecule has 2 rings (SSSR count). The van der Waals surface area contributed by atoms with Crippen molar-refractivity contribution in [2.24, 2.45) is 0 Å². The third-order valence-corrected chi connectivity index (χ3v) is 3.39. The number of thioether (sulfide) groups is 1. The van der Waals surface area contributed by atoms with Crippen molar-refractivity contribution in [2.75, 3.05) is 11.9 Å². The Hall–Kier alpha value is -1.59. The molecule has 0 amide bonds. The van der Waals surface area contributed by atoms with Crippen LogP contribution in [0.2, 0.25) is 0 Å². The highest BCUT2D eigenvalue weighted by atomic mass is 32.2. The van der Waals surface area contributed by atoms with E-state index in [2.05, 4.69) is 27.4 Å². The lowest BCUT2D eigenvalue weighted by Gasteiger charge is -2.08. The van der Waals surface area contributed by atoms with E-state index in [1.54, 1.807) is 31.1 Å². The number of hydrogen-bond acceptors (Lipinski definition) is 5. The van der Waals surface area contributed by atoms with Gasteiger partial charge in [0.1, 0.15) is 10.8 Å². The van der Waals surface area contributed by atoms with Gasteiger partial charge in [-0.2, -0.15) is 0 Å². The summed E-state index contributed by atoms with van der Waals surface area (Å²) in [5.41, 5.74) is 1.26. The first-order valence-electron chi connectivity index (χ1n) is 6.15. The molecule has 0 saturated carbocycles. The smallest absolute Gasteiger partial charge is 0.145 e. The summed E-state index contributed by atoms with van der Waals surface area (Å²) in [4.78, 5) is 8.59. The Labute approximate surface area is 117 Å². The minimum atomic E-state index is -0.401. The highest BCUT2D eigenvalue weighted by molar-refractivity contribution is 7.98. The van der Waals surface area contributed by atoms with Gasteiger partial charge in [0.2, 0.25) is 0 Å². The molecule has 0 bridgehead atoms. The van der Waals surface area contributed by atoms with Crippen LogP contribution in [0.4, 0.5) is 5.82 Å². The van der Waals surface area contributed by atoms with Crippen molar-refractivity contribution in [3.63, 3.8) is 0 Å². The SMILES string of the molecule is CC(O)CNc1cncc(SCc2ccccc2)n1. The largest absolute Gasteiger partial charge is 0.392 e. The summed E-state index contributed by atoms with van der Waals surface area (Å²) in [5.74, 6) is 1.56. The Balaban J connectivity index is 1.91. The molecule has 0 aliphatic rings. The summed E-state index contributed by atoms with van der Waals surface area (Å²) in [6.45, 7) is 2.20. The molecule has 0 aliphatic carbocycles. The maximum atomic E-state index is 9.22. The van der Waals surface area contributed by atoms with Crippen molar-refractivity contribution < 1.29 is 5.11 Å². The molecule has 2 N–H and O–H groups in total. The van der Waals surface area contributed by atoms with Crippen LogP contribution in [0.3, 0.4) is 0 Å². The van der Waals surface area contributed by atoms with Gasteiger partial charge in [-0.1, -0.05) is 30.3 Å². The molecule has 1 atom stereocenters. The lowest BCUT2D eigenvalue weighted by Crippen LogP contribution is -2.16. The van der Waals surface area contributed by atoms with Crippen LogP contribution in [0.1, 0.15) is 12.5 Å². The van der Waals surface area contributed by atoms with Gasteiger partial charge < -0.3 is 10.4 Å². The van der Waals surface area contributed by atoms with Gasteiger partial charge in [0, 0.05) is 12.3 Å². The summed E-state index contributed by atoms with van der Waals surface area (Å²) >= 11 is 1.65. The van der Waals surface area contributed by atoms with E-state index in [0.717, 1.165) is 10.8 Å². The van der Waals surface area contributed by atoms with Crippen LogP contribution >= 0.6 is 11.8 Å². The van der Waals surface area contributed by atoms with E-state index >= 15 is 0 Å². The molecule has 0 fully saturated rings. The predicted octanol–water partition coefficient (Wildman–Crippen LogP) is 2.56. The molecule has 0 saturated heterocycles. The van der Waals surface area contributed by atoms with Crippen molar-refractivity contribution in [3.05, 3.63) is 48.3 Å². The lowest BCUT2D eigenvalue weighted by atomic mass is 10.2. The Bertz CT molecular complexity index is 505. The van der Waals surface area contributed by atoms with Crippen molar-refractivity contribution >= 4 is 17.6 Å². The van der Waals surface area contributed by atoms with E-state index in [1.165, 1.54) is 5.56 Å². The van der Waals surface area contributed by atoms with Crippen LogP contribution in [0.5, 0.6) is 0 Å². The molecule has 100 valence electrons. The van der Waals surface area contributed by atoms with Gasteiger partial charge in [0.25, 0.3) is 0 Å². The number of nitrogens with zero attached hydrogens (tertiary/aromatic N) is 2. The second-order valence-corrected chi connectivity index (χ2v) is 5.24. The van der Waals surface area contributed by atoms with Crippen molar-refractivity contribution in [1.29, 1.82) is 0 Å². The molecule has 1 aromatic carbocycles. The molecule has 0 radical (unpaired) electrons. The quantitative estimate of drug-likeness (QED) is 0.793. The summed E-state index contributed by atoms with van der Waals surface area (Å²) in [5, 5.41) is 13.1. The first kappa shape index (κ1) is 13.8. The predicted molar refractivity (Wildman–Crippen MR) is 78.2 cm³/mol. The van der Waals surface area contributed by atoms with E-state index in [1.807, 2.05) is 18.2 Å². The zero-order valence-corrected chi connectivity index (χ0v) is 11.6. The first-order chi connectivity index (χ1) is 9.24. The number of aromatic nitrogens is 2. The van der Waals surface area contributed by atoms with Gasteiger partial charge in [-0.3, -0.25) is 4.98 Å². The molecule has 0 aliphatic heterocycles. The van der Waals surface area contributed by atoms with E-state index in [9.17, 15) is 5.11 Å². The van der Waals surface area contributed by atoms with Crippen LogP contribution in [0.25, 0.3) is 0 Å². The number of anilines is 1. The zero-order valence-electron chi connectivity index (χ0n) is 10.8. The van der Waals surface area contributed by atoms with Gasteiger partial charge in [-0.05, 0) is 12.5 Å². The van der Waals surface area contributed by atoms with E-state index in [-0.39, 0.29) is 0 Å². The van der Waals surface area contributed by atoms with Crippen LogP contribution in [0, 0.1) is 0 Å². The van der Waals surface area contributed by atoms with E-state index < -0.39 is 6.10 Å². The highest BCUT2D eigenvalue weighted by Gasteiger charge is 2.01. The number of nitrogens with one attached hydrogen (secondary N) is 1. The van der Waals surface area contributed by atoms with Gasteiger partial charge in [-0.15, -0.1) is 11.8 Å². The third kappa shape index (κ3) is 4.89. The lowest BCUT2D eigenvalue weighted by molar-refractivity contribution is 0.208. The molecule has 0 spiro atoms. The molecule has 19 heavy (non-hydrogen) atoms. The van der Waals surface area contributed by atoms with Crippen LogP contribution in [-0.2, 0) is 5.75 Å². The summed E-state index contributed by atoms with van der Waals surface area (Å²) in [6, 6.07) is 10.3. The van der Waals surface area contributed by atoms with Gasteiger partial charge in [0.05, 0.1) is 18.5 Å². The van der Waals surface area contributed by atoms with Gasteiger partial charge in [0.15, 0.2) is 0 Å². The number of aliphatic hydroxyl groups is 1. The molecule has 4 nitrogen and oxygen atoms in total. The number of hydrogen-bond donors (Lipinski definition) is 2. The Morgan fingerprint density at radius 1 is 1.26 bits per heavy atom. The summed E-state index contributed by atoms with van der Waals surface area (Å²) in [6.07, 6.45) is 3.01. The maximum Gasteiger partial charge on any atom is 0.145 e. The molecular weight excluding hydrogens is 258 g/mol. The normalized spacial score (nSPS) is 12.1. The summed E-state index contributed by atoms with van der Waals surface area (Å²) in [7, 11) is 0. The topological polar surface area (TPSA) is 58.0 Å². The fraction of sp³-hybridized carbons (Fsp3) is 0.286. The van der Waals surface area contributed by atoms with E-state index in [4.69, 9.17) is 0 Å². The average molecular weight is 275 g/mol. The fourth-order valence-corrected chi connectivity index (χ4v) is 2.29. The third-order valence-electron chi connectivity index (χ3n) is 2.42. The standard InChI is InChI=1S/C14H17N3OS/c1-11(18)7-16-13-8-15-9-14(17-13)19-10-12-5-3-2-4-6-12/h2-6,8-9,11,18H,7,10H2,1H3,(H,16,17). The second-order valence-electron chi connectivity index (χ2n) is 4.25. The average Bonchev–Trinajstić information content (AvgIpc) is 2.44. The number of rotatable bonds is 6. The number of aliphatic hydroxyl groups excluding tert-OH is 1. The van der Waals surface area contributed by atoms with Gasteiger partial charge >= 0.3 is 0 Å². The number of benzene rings is 1. The molecule has 5 heteroatoms. The van der Waals surface area contributed by atoms with Crippen molar-refractivity contribution in [2.45, 2.75) is 23.8 Å². The molecular formula is C14H17N3OS. The molecule has 1 heterocycles. The van der Waals surface area contributed by atoms with Crippen molar-refractivity contribution in [1.82, 2.24) is 9.97 Å². The molecule has 1 unspecified atom stereocenters. The van der Waals surface area contributed by atoms with Crippen molar-refractivity contribution in [3.8, 4) is 0 Å². The fourth-order valence-electron chi connectivity index (χ4n) is 1.49. The van der Waals surface area contributed by atoms with Gasteiger partial charge in [-0.25, -0.2) is 4.98 Å². The van der Waals surface area contributed by atoms with E-state index in [0.29, 0.717) is 12.4 Å². The summed E-state index contributed by atoms with van der Waals surface area (Å²) < 4.78 is 0. The second kappa shape index (κ2) is 7.11. The zero-order chi connectivity index (χ0) is 13.5. The Morgan fingerprint density at radius 2 is 2.05 bits per heavy atom. The molecule has 2 aromatic rings. The first-order valence-corrected chi connectivity index (χ1v) is 7.13.